The molecule has 0 aliphatic carbocycles. The SMILES string of the molecule is CC(C)(C)c1ccc(-c2nc(-c3ccc(C4OCCO4)cc3Cl)no2)cc1. The molecule has 27 heavy (non-hydrogen) atoms. The van der Waals surface area contributed by atoms with Crippen molar-refractivity contribution in [2.75, 3.05) is 13.2 Å². The number of hydrogen-bond donors (Lipinski definition) is 0. The Morgan fingerprint density at radius 3 is 2.33 bits per heavy atom. The minimum Gasteiger partial charge on any atom is -0.346 e. The summed E-state index contributed by atoms with van der Waals surface area (Å²) in [4.78, 5) is 4.51. The quantitative estimate of drug-likeness (QED) is 0.605. The maximum atomic E-state index is 6.44. The van der Waals surface area contributed by atoms with Crippen LogP contribution < -0.4 is 0 Å². The molecule has 1 aliphatic rings. The van der Waals surface area contributed by atoms with E-state index in [0.717, 1.165) is 11.1 Å². The Morgan fingerprint density at radius 2 is 1.70 bits per heavy atom. The first-order chi connectivity index (χ1) is 12.9. The van der Waals surface area contributed by atoms with E-state index in [1.54, 1.807) is 0 Å². The maximum Gasteiger partial charge on any atom is 0.258 e. The number of benzene rings is 2. The summed E-state index contributed by atoms with van der Waals surface area (Å²) in [6.45, 7) is 7.72. The van der Waals surface area contributed by atoms with E-state index in [2.05, 4.69) is 43.0 Å². The summed E-state index contributed by atoms with van der Waals surface area (Å²) < 4.78 is 16.5. The van der Waals surface area contributed by atoms with Gasteiger partial charge in [0.1, 0.15) is 0 Å². The largest absolute Gasteiger partial charge is 0.346 e. The van der Waals surface area contributed by atoms with Crippen LogP contribution in [0.25, 0.3) is 22.8 Å². The van der Waals surface area contributed by atoms with Crippen molar-refractivity contribution in [1.29, 1.82) is 0 Å². The fraction of sp³-hybridized carbons (Fsp3) is 0.333. The highest BCUT2D eigenvalue weighted by atomic mass is 35.5. The second-order valence-corrected chi connectivity index (χ2v) is 7.97. The number of ether oxygens (including phenoxy) is 2. The molecule has 1 aliphatic heterocycles. The first kappa shape index (κ1) is 18.2. The van der Waals surface area contributed by atoms with Crippen LogP contribution in [0.1, 0.15) is 38.2 Å². The molecule has 1 saturated heterocycles. The lowest BCUT2D eigenvalue weighted by atomic mass is 9.87. The van der Waals surface area contributed by atoms with Gasteiger partial charge in [-0.05, 0) is 35.2 Å². The van der Waals surface area contributed by atoms with E-state index in [1.165, 1.54) is 5.56 Å². The molecule has 0 spiro atoms. The van der Waals surface area contributed by atoms with Crippen molar-refractivity contribution in [3.8, 4) is 22.8 Å². The summed E-state index contributed by atoms with van der Waals surface area (Å²) in [5, 5.41) is 4.62. The van der Waals surface area contributed by atoms with E-state index in [1.807, 2.05) is 30.3 Å². The smallest absolute Gasteiger partial charge is 0.258 e. The van der Waals surface area contributed by atoms with E-state index in [4.69, 9.17) is 25.6 Å². The predicted octanol–water partition coefficient (Wildman–Crippen LogP) is 5.40. The van der Waals surface area contributed by atoms with Crippen LogP contribution in [0, 0.1) is 0 Å². The molecule has 3 aromatic rings. The third-order valence-corrected chi connectivity index (χ3v) is 4.86. The van der Waals surface area contributed by atoms with Crippen molar-refractivity contribution < 1.29 is 14.0 Å². The first-order valence-electron chi connectivity index (χ1n) is 8.89. The molecule has 2 aromatic carbocycles. The van der Waals surface area contributed by atoms with Crippen molar-refractivity contribution in [3.63, 3.8) is 0 Å². The van der Waals surface area contributed by atoms with Gasteiger partial charge in [0.15, 0.2) is 6.29 Å². The Balaban J connectivity index is 1.59. The summed E-state index contributed by atoms with van der Waals surface area (Å²) >= 11 is 6.44. The summed E-state index contributed by atoms with van der Waals surface area (Å²) in [5.41, 5.74) is 3.81. The van der Waals surface area contributed by atoms with Crippen LogP contribution in [0.4, 0.5) is 0 Å². The van der Waals surface area contributed by atoms with E-state index in [9.17, 15) is 0 Å². The monoisotopic (exact) mass is 384 g/mol. The molecule has 1 aromatic heterocycles. The normalized spacial score (nSPS) is 15.4. The predicted molar refractivity (Wildman–Crippen MR) is 104 cm³/mol. The minimum absolute atomic E-state index is 0.0978. The summed E-state index contributed by atoms with van der Waals surface area (Å²) in [6, 6.07) is 13.8. The second kappa shape index (κ2) is 7.08. The highest BCUT2D eigenvalue weighted by molar-refractivity contribution is 6.33. The van der Waals surface area contributed by atoms with Gasteiger partial charge in [0.2, 0.25) is 5.82 Å². The molecule has 0 N–H and O–H groups in total. The Morgan fingerprint density at radius 1 is 1.00 bits per heavy atom. The zero-order chi connectivity index (χ0) is 19.0. The van der Waals surface area contributed by atoms with Crippen LogP contribution in [0.15, 0.2) is 47.0 Å². The summed E-state index contributed by atoms with van der Waals surface area (Å²) in [6.07, 6.45) is -0.362. The third kappa shape index (κ3) is 3.76. The van der Waals surface area contributed by atoms with Gasteiger partial charge < -0.3 is 14.0 Å². The van der Waals surface area contributed by atoms with Gasteiger partial charge in [-0.1, -0.05) is 55.7 Å². The zero-order valence-corrected chi connectivity index (χ0v) is 16.3. The first-order valence-corrected chi connectivity index (χ1v) is 9.27. The fourth-order valence-corrected chi connectivity index (χ4v) is 3.25. The third-order valence-electron chi connectivity index (χ3n) is 4.55. The van der Waals surface area contributed by atoms with Crippen molar-refractivity contribution in [2.45, 2.75) is 32.5 Å². The number of rotatable bonds is 3. The van der Waals surface area contributed by atoms with Crippen molar-refractivity contribution in [2.24, 2.45) is 0 Å². The molecular weight excluding hydrogens is 364 g/mol. The molecule has 0 unspecified atom stereocenters. The number of nitrogens with zero attached hydrogens (tertiary/aromatic N) is 2. The average Bonchev–Trinajstić information content (AvgIpc) is 3.33. The van der Waals surface area contributed by atoms with Crippen LogP contribution >= 0.6 is 11.6 Å². The van der Waals surface area contributed by atoms with Gasteiger partial charge in [0.25, 0.3) is 5.89 Å². The van der Waals surface area contributed by atoms with Gasteiger partial charge in [-0.25, -0.2) is 0 Å². The number of hydrogen-bond acceptors (Lipinski definition) is 5. The van der Waals surface area contributed by atoms with Crippen LogP contribution in [-0.4, -0.2) is 23.4 Å². The molecule has 0 amide bonds. The fourth-order valence-electron chi connectivity index (χ4n) is 2.97. The van der Waals surface area contributed by atoms with Crippen LogP contribution in [-0.2, 0) is 14.9 Å². The maximum absolute atomic E-state index is 6.44. The minimum atomic E-state index is -0.362. The molecule has 140 valence electrons. The van der Waals surface area contributed by atoms with E-state index >= 15 is 0 Å². The van der Waals surface area contributed by atoms with Crippen LogP contribution in [0.2, 0.25) is 5.02 Å². The van der Waals surface area contributed by atoms with Crippen LogP contribution in [0.5, 0.6) is 0 Å². The van der Waals surface area contributed by atoms with Gasteiger partial charge in [-0.2, -0.15) is 4.98 Å². The highest BCUT2D eigenvalue weighted by Gasteiger charge is 2.21. The topological polar surface area (TPSA) is 57.4 Å². The van der Waals surface area contributed by atoms with Gasteiger partial charge in [-0.3, -0.25) is 0 Å². The standard InChI is InChI=1S/C21H21ClN2O3/c1-21(2,3)15-7-4-13(5-8-15)19-23-18(24-27-19)16-9-6-14(12-17(16)22)20-25-10-11-26-20/h4-9,12,20H,10-11H2,1-3H3. The van der Waals surface area contributed by atoms with E-state index in [-0.39, 0.29) is 11.7 Å². The number of halogens is 1. The van der Waals surface area contributed by atoms with Crippen LogP contribution in [0.3, 0.4) is 0 Å². The van der Waals surface area contributed by atoms with E-state index < -0.39 is 0 Å². The van der Waals surface area contributed by atoms with E-state index in [0.29, 0.717) is 35.5 Å². The molecule has 0 atom stereocenters. The molecule has 0 bridgehead atoms. The molecule has 6 heteroatoms. The van der Waals surface area contributed by atoms with Gasteiger partial charge in [-0.15, -0.1) is 0 Å². The van der Waals surface area contributed by atoms with Crippen molar-refractivity contribution in [3.05, 3.63) is 58.6 Å². The lowest BCUT2D eigenvalue weighted by molar-refractivity contribution is -0.0441. The molecule has 0 radical (unpaired) electrons. The molecule has 1 fully saturated rings. The highest BCUT2D eigenvalue weighted by Crippen LogP contribution is 2.33. The molecule has 2 heterocycles. The molecule has 4 rings (SSSR count). The van der Waals surface area contributed by atoms with Gasteiger partial charge in [0, 0.05) is 16.7 Å². The Bertz CT molecular complexity index is 939. The Labute approximate surface area is 163 Å². The molecule has 0 saturated carbocycles. The molecule has 5 nitrogen and oxygen atoms in total. The Hall–Kier alpha value is -2.21. The van der Waals surface area contributed by atoms with Gasteiger partial charge >= 0.3 is 0 Å². The molecular formula is C21H21ClN2O3. The summed E-state index contributed by atoms with van der Waals surface area (Å²) in [7, 11) is 0. The average molecular weight is 385 g/mol. The zero-order valence-electron chi connectivity index (χ0n) is 15.5. The second-order valence-electron chi connectivity index (χ2n) is 7.56. The lowest BCUT2D eigenvalue weighted by Crippen LogP contribution is -2.10. The van der Waals surface area contributed by atoms with Gasteiger partial charge in [0.05, 0.1) is 18.2 Å². The lowest BCUT2D eigenvalue weighted by Gasteiger charge is -2.18. The number of aromatic nitrogens is 2. The summed E-state index contributed by atoms with van der Waals surface area (Å²) in [5.74, 6) is 0.919. The van der Waals surface area contributed by atoms with Crippen molar-refractivity contribution in [1.82, 2.24) is 10.1 Å². The Kier molecular flexibility index (Phi) is 4.76. The van der Waals surface area contributed by atoms with Crippen molar-refractivity contribution >= 4 is 11.6 Å².